The van der Waals surface area contributed by atoms with Crippen molar-refractivity contribution in [1.29, 1.82) is 0 Å². The lowest BCUT2D eigenvalue weighted by Gasteiger charge is -2.24. The van der Waals surface area contributed by atoms with E-state index in [0.29, 0.717) is 17.7 Å². The van der Waals surface area contributed by atoms with Crippen LogP contribution in [-0.2, 0) is 0 Å². The fourth-order valence-electron chi connectivity index (χ4n) is 3.17. The summed E-state index contributed by atoms with van der Waals surface area (Å²) in [4.78, 5) is 17.3. The molecule has 1 aromatic carbocycles. The van der Waals surface area contributed by atoms with Crippen LogP contribution in [0.5, 0.6) is 0 Å². The second kappa shape index (κ2) is 5.77. The lowest BCUT2D eigenvalue weighted by atomic mass is 10.0. The molecular formula is C17H18F2N2O2. The maximum Gasteiger partial charge on any atom is 0.271 e. The maximum atomic E-state index is 13.5. The van der Waals surface area contributed by atoms with Crippen LogP contribution in [0.15, 0.2) is 24.3 Å². The highest BCUT2D eigenvalue weighted by atomic mass is 19.2. The number of nitrogens with zero attached hydrogens (tertiary/aromatic N) is 1. The first-order valence-corrected chi connectivity index (χ1v) is 7.47. The Morgan fingerprint density at radius 1 is 1.26 bits per heavy atom. The summed E-state index contributed by atoms with van der Waals surface area (Å²) >= 11 is 0. The van der Waals surface area contributed by atoms with Crippen LogP contribution in [0.1, 0.15) is 39.8 Å². The average Bonchev–Trinajstić information content (AvgIpc) is 3.03. The van der Waals surface area contributed by atoms with Crippen LogP contribution in [0.4, 0.5) is 8.78 Å². The fraction of sp³-hybridized carbons (Fsp3) is 0.353. The molecule has 0 aliphatic carbocycles. The van der Waals surface area contributed by atoms with Crippen molar-refractivity contribution in [1.82, 2.24) is 9.88 Å². The number of halogens is 2. The van der Waals surface area contributed by atoms with E-state index in [2.05, 4.69) is 4.98 Å². The van der Waals surface area contributed by atoms with Crippen molar-refractivity contribution < 1.29 is 18.7 Å². The molecule has 4 nitrogen and oxygen atoms in total. The standard InChI is InChI=1S/C17H18F2N2O2/c1-9-5-10(2)20-16(9)17(23)21-8-12(22)7-15(21)11-3-4-13(18)14(19)6-11/h3-6,12,15,20,22H,7-8H2,1-2H3/t12-,15+/m0/s1. The minimum absolute atomic E-state index is 0.167. The summed E-state index contributed by atoms with van der Waals surface area (Å²) in [6.07, 6.45) is -0.385. The second-order valence-corrected chi connectivity index (χ2v) is 6.05. The molecule has 23 heavy (non-hydrogen) atoms. The number of benzene rings is 1. The van der Waals surface area contributed by atoms with Gasteiger partial charge in [-0.15, -0.1) is 0 Å². The van der Waals surface area contributed by atoms with Gasteiger partial charge in [-0.2, -0.15) is 0 Å². The van der Waals surface area contributed by atoms with Gasteiger partial charge in [-0.3, -0.25) is 4.79 Å². The number of aromatic amines is 1. The molecule has 1 aliphatic heterocycles. The minimum Gasteiger partial charge on any atom is -0.391 e. The molecule has 2 heterocycles. The quantitative estimate of drug-likeness (QED) is 0.894. The third kappa shape index (κ3) is 2.86. The van der Waals surface area contributed by atoms with Gasteiger partial charge in [-0.1, -0.05) is 6.07 Å². The van der Waals surface area contributed by atoms with Gasteiger partial charge in [0.05, 0.1) is 12.1 Å². The Balaban J connectivity index is 1.94. The van der Waals surface area contributed by atoms with E-state index in [9.17, 15) is 18.7 Å². The predicted molar refractivity (Wildman–Crippen MR) is 81.0 cm³/mol. The Kier molecular flexibility index (Phi) is 3.93. The molecule has 0 saturated carbocycles. The van der Waals surface area contributed by atoms with E-state index in [1.54, 1.807) is 0 Å². The van der Waals surface area contributed by atoms with Crippen molar-refractivity contribution in [2.24, 2.45) is 0 Å². The van der Waals surface area contributed by atoms with Crippen LogP contribution in [-0.4, -0.2) is 33.5 Å². The molecule has 2 N–H and O–H groups in total. The number of likely N-dealkylation sites (tertiary alicyclic amines) is 1. The minimum atomic E-state index is -0.955. The maximum absolute atomic E-state index is 13.5. The second-order valence-electron chi connectivity index (χ2n) is 6.05. The van der Waals surface area contributed by atoms with Gasteiger partial charge in [0.2, 0.25) is 0 Å². The van der Waals surface area contributed by atoms with E-state index in [1.165, 1.54) is 11.0 Å². The highest BCUT2D eigenvalue weighted by Crippen LogP contribution is 2.34. The summed E-state index contributed by atoms with van der Waals surface area (Å²) in [6.45, 7) is 3.85. The number of aliphatic hydroxyl groups is 1. The fourth-order valence-corrected chi connectivity index (χ4v) is 3.17. The third-order valence-electron chi connectivity index (χ3n) is 4.23. The van der Waals surface area contributed by atoms with Crippen molar-refractivity contribution in [2.45, 2.75) is 32.4 Å². The smallest absolute Gasteiger partial charge is 0.271 e. The molecule has 1 amide bonds. The zero-order valence-corrected chi connectivity index (χ0v) is 12.9. The monoisotopic (exact) mass is 320 g/mol. The van der Waals surface area contributed by atoms with Gasteiger partial charge in [0.1, 0.15) is 5.69 Å². The first-order chi connectivity index (χ1) is 10.9. The highest BCUT2D eigenvalue weighted by Gasteiger charge is 2.37. The lowest BCUT2D eigenvalue weighted by molar-refractivity contribution is 0.0709. The zero-order chi connectivity index (χ0) is 16.7. The normalized spacial score (nSPS) is 21.0. The van der Waals surface area contributed by atoms with Crippen molar-refractivity contribution in [3.63, 3.8) is 0 Å². The number of β-amino-alcohol motifs (C(OH)–C–C–N with tert-alkyl or cyclic N) is 1. The number of aryl methyl sites for hydroxylation is 2. The molecule has 2 aromatic rings. The van der Waals surface area contributed by atoms with Crippen LogP contribution in [0, 0.1) is 25.5 Å². The number of hydrogen-bond donors (Lipinski definition) is 2. The van der Waals surface area contributed by atoms with Crippen LogP contribution in [0.2, 0.25) is 0 Å². The molecule has 1 saturated heterocycles. The summed E-state index contributed by atoms with van der Waals surface area (Å²) in [6, 6.07) is 4.98. The van der Waals surface area contributed by atoms with Crippen molar-refractivity contribution in [3.8, 4) is 0 Å². The molecule has 6 heteroatoms. The van der Waals surface area contributed by atoms with Crippen molar-refractivity contribution in [2.75, 3.05) is 6.54 Å². The molecule has 3 rings (SSSR count). The van der Waals surface area contributed by atoms with Gasteiger partial charge in [0.25, 0.3) is 5.91 Å². The Labute approximate surface area is 132 Å². The summed E-state index contributed by atoms with van der Waals surface area (Å²) < 4.78 is 26.6. The number of rotatable bonds is 2. The lowest BCUT2D eigenvalue weighted by Crippen LogP contribution is -2.32. The molecule has 1 aliphatic rings. The van der Waals surface area contributed by atoms with E-state index in [1.807, 2.05) is 19.9 Å². The molecule has 1 fully saturated rings. The Morgan fingerprint density at radius 3 is 2.61 bits per heavy atom. The molecular weight excluding hydrogens is 302 g/mol. The van der Waals surface area contributed by atoms with Gasteiger partial charge in [0, 0.05) is 12.2 Å². The number of nitrogens with one attached hydrogen (secondary N) is 1. The first kappa shape index (κ1) is 15.7. The van der Waals surface area contributed by atoms with Crippen molar-refractivity contribution >= 4 is 5.91 Å². The summed E-state index contributed by atoms with van der Waals surface area (Å²) in [5, 5.41) is 9.95. The van der Waals surface area contributed by atoms with Crippen LogP contribution < -0.4 is 0 Å². The van der Waals surface area contributed by atoms with Gasteiger partial charge >= 0.3 is 0 Å². The summed E-state index contributed by atoms with van der Waals surface area (Å²) in [5.41, 5.74) is 2.63. The van der Waals surface area contributed by atoms with Gasteiger partial charge in [0.15, 0.2) is 11.6 Å². The topological polar surface area (TPSA) is 56.3 Å². The van der Waals surface area contributed by atoms with E-state index >= 15 is 0 Å². The van der Waals surface area contributed by atoms with Crippen LogP contribution in [0.25, 0.3) is 0 Å². The molecule has 0 bridgehead atoms. The van der Waals surface area contributed by atoms with E-state index in [4.69, 9.17) is 0 Å². The Morgan fingerprint density at radius 2 is 2.00 bits per heavy atom. The van der Waals surface area contributed by atoms with Crippen molar-refractivity contribution in [3.05, 3.63) is 58.4 Å². The van der Waals surface area contributed by atoms with Gasteiger partial charge in [-0.25, -0.2) is 8.78 Å². The molecule has 0 spiro atoms. The third-order valence-corrected chi connectivity index (χ3v) is 4.23. The number of carbonyl (C=O) groups excluding carboxylic acids is 1. The molecule has 122 valence electrons. The van der Waals surface area contributed by atoms with Crippen LogP contribution in [0.3, 0.4) is 0 Å². The average molecular weight is 320 g/mol. The summed E-state index contributed by atoms with van der Waals surface area (Å²) in [7, 11) is 0. The number of aliphatic hydroxyl groups excluding tert-OH is 1. The number of H-pyrrole nitrogens is 1. The Hall–Kier alpha value is -2.21. The SMILES string of the molecule is Cc1cc(C)c(C(=O)N2C[C@@H](O)C[C@@H]2c2ccc(F)c(F)c2)[nH]1. The largest absolute Gasteiger partial charge is 0.391 e. The Bertz CT molecular complexity index is 757. The number of aromatic nitrogens is 1. The van der Waals surface area contributed by atoms with Crippen LogP contribution >= 0.6 is 0 Å². The molecule has 2 atom stereocenters. The number of hydrogen-bond acceptors (Lipinski definition) is 2. The van der Waals surface area contributed by atoms with E-state index < -0.39 is 23.8 Å². The van der Waals surface area contributed by atoms with Gasteiger partial charge < -0.3 is 15.0 Å². The van der Waals surface area contributed by atoms with Gasteiger partial charge in [-0.05, 0) is 49.6 Å². The molecule has 0 radical (unpaired) electrons. The number of carbonyl (C=O) groups is 1. The zero-order valence-electron chi connectivity index (χ0n) is 12.9. The predicted octanol–water partition coefficient (Wildman–Crippen LogP) is 2.86. The summed E-state index contributed by atoms with van der Waals surface area (Å²) in [5.74, 6) is -2.13. The molecule has 0 unspecified atom stereocenters. The molecule has 1 aromatic heterocycles. The first-order valence-electron chi connectivity index (χ1n) is 7.47. The van der Waals surface area contributed by atoms with E-state index in [0.717, 1.165) is 23.4 Å². The highest BCUT2D eigenvalue weighted by molar-refractivity contribution is 5.94. The number of amides is 1. The van der Waals surface area contributed by atoms with E-state index in [-0.39, 0.29) is 12.5 Å².